The highest BCUT2D eigenvalue weighted by molar-refractivity contribution is 6.31. The van der Waals surface area contributed by atoms with Crippen molar-refractivity contribution in [3.63, 3.8) is 0 Å². The molecule has 1 aromatic rings. The van der Waals surface area contributed by atoms with Crippen molar-refractivity contribution < 1.29 is 9.84 Å². The molecule has 0 radical (unpaired) electrons. The molecular formula is C13H21ClN2O2. The van der Waals surface area contributed by atoms with E-state index >= 15 is 0 Å². The molecule has 1 aliphatic heterocycles. The Balaban J connectivity index is 2.07. The summed E-state index contributed by atoms with van der Waals surface area (Å²) in [4.78, 5) is 0. The van der Waals surface area contributed by atoms with E-state index in [4.69, 9.17) is 16.3 Å². The highest BCUT2D eigenvalue weighted by Crippen LogP contribution is 2.27. The van der Waals surface area contributed by atoms with Crippen LogP contribution in [-0.4, -0.2) is 33.2 Å². The van der Waals surface area contributed by atoms with Gasteiger partial charge in [0.15, 0.2) is 0 Å². The van der Waals surface area contributed by atoms with Crippen LogP contribution < -0.4 is 0 Å². The zero-order valence-corrected chi connectivity index (χ0v) is 11.9. The highest BCUT2D eigenvalue weighted by Gasteiger charge is 2.29. The Hall–Kier alpha value is -0.580. The van der Waals surface area contributed by atoms with Crippen LogP contribution in [0.1, 0.15) is 38.1 Å². The third-order valence-electron chi connectivity index (χ3n) is 3.60. The molecule has 2 rings (SSSR count). The van der Waals surface area contributed by atoms with Crippen molar-refractivity contribution in [3.8, 4) is 0 Å². The second-order valence-electron chi connectivity index (χ2n) is 5.02. The first-order valence-electron chi connectivity index (χ1n) is 6.56. The summed E-state index contributed by atoms with van der Waals surface area (Å²) in [7, 11) is 1.87. The lowest BCUT2D eigenvalue weighted by atomic mass is 10.0. The van der Waals surface area contributed by atoms with Crippen LogP contribution >= 0.6 is 11.6 Å². The molecular weight excluding hydrogens is 252 g/mol. The SMILES string of the molecule is CCc1nn(C)c(CC(O)C2CCC(C)O2)c1Cl. The Kier molecular flexibility index (Phi) is 4.30. The largest absolute Gasteiger partial charge is 0.390 e. The molecule has 0 saturated carbocycles. The van der Waals surface area contributed by atoms with Gasteiger partial charge < -0.3 is 9.84 Å². The van der Waals surface area contributed by atoms with Crippen LogP contribution in [0.15, 0.2) is 0 Å². The fourth-order valence-corrected chi connectivity index (χ4v) is 2.86. The van der Waals surface area contributed by atoms with Gasteiger partial charge in [0.25, 0.3) is 0 Å². The van der Waals surface area contributed by atoms with E-state index in [0.29, 0.717) is 11.4 Å². The minimum Gasteiger partial charge on any atom is -0.390 e. The number of aromatic nitrogens is 2. The molecule has 0 amide bonds. The van der Waals surface area contributed by atoms with Gasteiger partial charge in [-0.2, -0.15) is 5.10 Å². The molecule has 0 aliphatic carbocycles. The van der Waals surface area contributed by atoms with Crippen molar-refractivity contribution in [2.75, 3.05) is 0 Å². The highest BCUT2D eigenvalue weighted by atomic mass is 35.5. The van der Waals surface area contributed by atoms with Gasteiger partial charge in [-0.25, -0.2) is 0 Å². The standard InChI is InChI=1S/C13H21ClN2O2/c1-4-9-13(14)10(16(3)15-9)7-11(17)12-6-5-8(2)18-12/h8,11-12,17H,4-7H2,1-3H3. The maximum absolute atomic E-state index is 10.2. The van der Waals surface area contributed by atoms with Crippen LogP contribution in [0.25, 0.3) is 0 Å². The van der Waals surface area contributed by atoms with Gasteiger partial charge in [0.2, 0.25) is 0 Å². The number of hydrogen-bond donors (Lipinski definition) is 1. The summed E-state index contributed by atoms with van der Waals surface area (Å²) in [6.07, 6.45) is 2.90. The van der Waals surface area contributed by atoms with Gasteiger partial charge in [0.05, 0.1) is 34.7 Å². The van der Waals surface area contributed by atoms with Crippen molar-refractivity contribution in [1.29, 1.82) is 0 Å². The van der Waals surface area contributed by atoms with Gasteiger partial charge in [-0.15, -0.1) is 0 Å². The number of hydrogen-bond acceptors (Lipinski definition) is 3. The Morgan fingerprint density at radius 2 is 2.28 bits per heavy atom. The molecule has 2 heterocycles. The molecule has 1 N–H and O–H groups in total. The van der Waals surface area contributed by atoms with E-state index in [1.807, 2.05) is 20.9 Å². The predicted molar refractivity (Wildman–Crippen MR) is 70.9 cm³/mol. The van der Waals surface area contributed by atoms with E-state index in [0.717, 1.165) is 30.7 Å². The summed E-state index contributed by atoms with van der Waals surface area (Å²) in [6.45, 7) is 4.06. The Labute approximate surface area is 113 Å². The van der Waals surface area contributed by atoms with Gasteiger partial charge in [0.1, 0.15) is 0 Å². The van der Waals surface area contributed by atoms with E-state index in [9.17, 15) is 5.11 Å². The van der Waals surface area contributed by atoms with Crippen LogP contribution in [-0.2, 0) is 24.6 Å². The molecule has 0 spiro atoms. The summed E-state index contributed by atoms with van der Waals surface area (Å²) in [5.41, 5.74) is 1.78. The number of ether oxygens (including phenoxy) is 1. The third kappa shape index (κ3) is 2.71. The van der Waals surface area contributed by atoms with Crippen LogP contribution in [0.2, 0.25) is 5.02 Å². The normalized spacial score (nSPS) is 25.6. The lowest BCUT2D eigenvalue weighted by Gasteiger charge is -2.18. The molecule has 1 saturated heterocycles. The van der Waals surface area contributed by atoms with Crippen molar-refractivity contribution in [1.82, 2.24) is 9.78 Å². The minimum atomic E-state index is -0.507. The average Bonchev–Trinajstić information content (AvgIpc) is 2.87. The Morgan fingerprint density at radius 3 is 2.78 bits per heavy atom. The first-order valence-corrected chi connectivity index (χ1v) is 6.94. The minimum absolute atomic E-state index is 0.0731. The molecule has 4 nitrogen and oxygen atoms in total. The molecule has 102 valence electrons. The maximum atomic E-state index is 10.2. The van der Waals surface area contributed by atoms with E-state index in [-0.39, 0.29) is 12.2 Å². The van der Waals surface area contributed by atoms with Crippen molar-refractivity contribution in [3.05, 3.63) is 16.4 Å². The summed E-state index contributed by atoms with van der Waals surface area (Å²) >= 11 is 6.27. The first kappa shape index (κ1) is 13.8. The van der Waals surface area contributed by atoms with Crippen molar-refractivity contribution >= 4 is 11.6 Å². The second-order valence-corrected chi connectivity index (χ2v) is 5.40. The number of aliphatic hydroxyl groups is 1. The van der Waals surface area contributed by atoms with Gasteiger partial charge in [-0.3, -0.25) is 4.68 Å². The zero-order chi connectivity index (χ0) is 13.3. The average molecular weight is 273 g/mol. The number of aliphatic hydroxyl groups excluding tert-OH is 1. The van der Waals surface area contributed by atoms with Gasteiger partial charge in [-0.1, -0.05) is 18.5 Å². The van der Waals surface area contributed by atoms with Crippen molar-refractivity contribution in [2.45, 2.75) is 57.8 Å². The molecule has 0 aromatic carbocycles. The Bertz CT molecular complexity index is 419. The van der Waals surface area contributed by atoms with Gasteiger partial charge in [-0.05, 0) is 26.2 Å². The van der Waals surface area contributed by atoms with E-state index in [2.05, 4.69) is 5.10 Å². The lowest BCUT2D eigenvalue weighted by molar-refractivity contribution is -0.0284. The van der Waals surface area contributed by atoms with E-state index in [1.165, 1.54) is 0 Å². The monoisotopic (exact) mass is 272 g/mol. The second kappa shape index (κ2) is 5.59. The molecule has 3 atom stereocenters. The summed E-state index contributed by atoms with van der Waals surface area (Å²) in [5, 5.41) is 15.3. The third-order valence-corrected chi connectivity index (χ3v) is 4.04. The summed E-state index contributed by atoms with van der Waals surface area (Å²) in [6, 6.07) is 0. The van der Waals surface area contributed by atoms with Crippen molar-refractivity contribution in [2.24, 2.45) is 7.05 Å². The first-order chi connectivity index (χ1) is 8.52. The van der Waals surface area contributed by atoms with Gasteiger partial charge in [0, 0.05) is 13.5 Å². The fraction of sp³-hybridized carbons (Fsp3) is 0.769. The number of halogens is 1. The quantitative estimate of drug-likeness (QED) is 0.913. The molecule has 3 unspecified atom stereocenters. The number of aryl methyl sites for hydroxylation is 2. The van der Waals surface area contributed by atoms with Crippen LogP contribution in [0, 0.1) is 0 Å². The molecule has 1 aliphatic rings. The summed E-state index contributed by atoms with van der Waals surface area (Å²) in [5.74, 6) is 0. The maximum Gasteiger partial charge on any atom is 0.0857 e. The van der Waals surface area contributed by atoms with Crippen LogP contribution in [0.5, 0.6) is 0 Å². The number of rotatable bonds is 4. The van der Waals surface area contributed by atoms with E-state index in [1.54, 1.807) is 4.68 Å². The number of nitrogens with zero attached hydrogens (tertiary/aromatic N) is 2. The topological polar surface area (TPSA) is 47.3 Å². The fourth-order valence-electron chi connectivity index (χ4n) is 2.49. The molecule has 5 heteroatoms. The predicted octanol–water partition coefficient (Wildman–Crippen LogP) is 2.11. The van der Waals surface area contributed by atoms with E-state index < -0.39 is 6.10 Å². The molecule has 0 bridgehead atoms. The van der Waals surface area contributed by atoms with Crippen LogP contribution in [0.4, 0.5) is 0 Å². The zero-order valence-electron chi connectivity index (χ0n) is 11.2. The Morgan fingerprint density at radius 1 is 1.56 bits per heavy atom. The summed E-state index contributed by atoms with van der Waals surface area (Å²) < 4.78 is 7.45. The van der Waals surface area contributed by atoms with Crippen LogP contribution in [0.3, 0.4) is 0 Å². The smallest absolute Gasteiger partial charge is 0.0857 e. The lowest BCUT2D eigenvalue weighted by Crippen LogP contribution is -2.29. The van der Waals surface area contributed by atoms with Gasteiger partial charge >= 0.3 is 0 Å². The molecule has 1 fully saturated rings. The molecule has 1 aromatic heterocycles. The molecule has 18 heavy (non-hydrogen) atoms.